The average Bonchev–Trinajstić information content (AvgIpc) is 1.60. The lowest BCUT2D eigenvalue weighted by Gasteiger charge is -2.19. The van der Waals surface area contributed by atoms with E-state index in [1.165, 1.54) is 0 Å². The first-order chi connectivity index (χ1) is 4.10. The van der Waals surface area contributed by atoms with Crippen LogP contribution in [0.5, 0.6) is 0 Å². The van der Waals surface area contributed by atoms with Crippen LogP contribution in [0.25, 0.3) is 0 Å². The summed E-state index contributed by atoms with van der Waals surface area (Å²) in [6, 6.07) is 0.142. The van der Waals surface area contributed by atoms with E-state index in [4.69, 9.17) is 0 Å². The monoisotopic (exact) mass is 185 g/mol. The minimum absolute atomic E-state index is 0. The summed E-state index contributed by atoms with van der Waals surface area (Å²) >= 11 is 0. The molecule has 0 radical (unpaired) electrons. The Labute approximate surface area is 67.5 Å². The third kappa shape index (κ3) is 2.86. The van der Waals surface area contributed by atoms with Gasteiger partial charge in [-0.1, -0.05) is 0 Å². The lowest BCUT2D eigenvalue weighted by atomic mass is 10.4. The maximum absolute atomic E-state index is 10.8. The quantitative estimate of drug-likeness (QED) is 0.570. The lowest BCUT2D eigenvalue weighted by molar-refractivity contribution is 0.539. The molecule has 62 valence electrons. The van der Waals surface area contributed by atoms with Gasteiger partial charge in [-0.05, 0) is 6.92 Å². The van der Waals surface area contributed by atoms with Gasteiger partial charge < -0.3 is 5.32 Å². The molecule has 0 spiro atoms. The molecule has 1 saturated heterocycles. The number of hydrogen-bond acceptors (Lipinski definition) is 3. The van der Waals surface area contributed by atoms with Gasteiger partial charge in [0.05, 0.1) is 11.5 Å². The third-order valence-electron chi connectivity index (χ3n) is 1.41. The highest BCUT2D eigenvalue weighted by molar-refractivity contribution is 7.91. The van der Waals surface area contributed by atoms with Crippen molar-refractivity contribution in [2.45, 2.75) is 13.0 Å². The Kier molecular flexibility index (Phi) is 3.62. The number of rotatable bonds is 0. The van der Waals surface area contributed by atoms with Gasteiger partial charge in [-0.2, -0.15) is 0 Å². The lowest BCUT2D eigenvalue weighted by Crippen LogP contribution is -2.42. The van der Waals surface area contributed by atoms with E-state index in [1.54, 1.807) is 0 Å². The van der Waals surface area contributed by atoms with Crippen LogP contribution in [0, 0.1) is 0 Å². The number of nitrogens with one attached hydrogen (secondary N) is 1. The second-order valence-electron chi connectivity index (χ2n) is 2.47. The standard InChI is InChI=1S/C5H11NO2S.ClH/c1-5-4-9(7,8)3-2-6-5;/h5-6H,2-4H2,1H3;1H/t5-;/m0./s1. The second-order valence-corrected chi connectivity index (χ2v) is 4.70. The van der Waals surface area contributed by atoms with Gasteiger partial charge in [0.1, 0.15) is 0 Å². The molecule has 3 nitrogen and oxygen atoms in total. The minimum Gasteiger partial charge on any atom is -0.312 e. The van der Waals surface area contributed by atoms with Gasteiger partial charge in [-0.3, -0.25) is 0 Å². The molecule has 1 N–H and O–H groups in total. The van der Waals surface area contributed by atoms with Crippen molar-refractivity contribution in [1.29, 1.82) is 0 Å². The fourth-order valence-corrected chi connectivity index (χ4v) is 2.46. The minimum atomic E-state index is -2.69. The Morgan fingerprint density at radius 2 is 2.10 bits per heavy atom. The van der Waals surface area contributed by atoms with E-state index in [1.807, 2.05) is 6.92 Å². The average molecular weight is 186 g/mol. The summed E-state index contributed by atoms with van der Waals surface area (Å²) in [5, 5.41) is 3.06. The number of sulfone groups is 1. The van der Waals surface area contributed by atoms with E-state index < -0.39 is 9.84 Å². The Morgan fingerprint density at radius 3 is 2.40 bits per heavy atom. The molecule has 0 amide bonds. The molecule has 5 heteroatoms. The van der Waals surface area contributed by atoms with E-state index in [2.05, 4.69) is 5.32 Å². The van der Waals surface area contributed by atoms with Crippen molar-refractivity contribution in [2.24, 2.45) is 0 Å². The van der Waals surface area contributed by atoms with E-state index in [0.29, 0.717) is 18.1 Å². The topological polar surface area (TPSA) is 46.2 Å². The van der Waals surface area contributed by atoms with Crippen molar-refractivity contribution in [2.75, 3.05) is 18.1 Å². The summed E-state index contributed by atoms with van der Waals surface area (Å²) < 4.78 is 21.6. The number of halogens is 1. The highest BCUT2D eigenvalue weighted by Gasteiger charge is 2.19. The second kappa shape index (κ2) is 3.55. The molecule has 10 heavy (non-hydrogen) atoms. The fraction of sp³-hybridized carbons (Fsp3) is 1.00. The van der Waals surface area contributed by atoms with E-state index >= 15 is 0 Å². The molecule has 1 fully saturated rings. The van der Waals surface area contributed by atoms with Gasteiger partial charge in [0.25, 0.3) is 0 Å². The summed E-state index contributed by atoms with van der Waals surface area (Å²) in [5.41, 5.74) is 0. The molecule has 1 aliphatic rings. The van der Waals surface area contributed by atoms with Crippen LogP contribution in [0.3, 0.4) is 0 Å². The highest BCUT2D eigenvalue weighted by atomic mass is 35.5. The third-order valence-corrected chi connectivity index (χ3v) is 3.24. The Morgan fingerprint density at radius 1 is 1.50 bits per heavy atom. The largest absolute Gasteiger partial charge is 0.312 e. The Balaban J connectivity index is 0.000000810. The molecule has 0 aromatic rings. The zero-order chi connectivity index (χ0) is 6.91. The van der Waals surface area contributed by atoms with Gasteiger partial charge >= 0.3 is 0 Å². The van der Waals surface area contributed by atoms with Gasteiger partial charge in [0.15, 0.2) is 9.84 Å². The first kappa shape index (κ1) is 10.2. The molecule has 1 aliphatic heterocycles. The van der Waals surface area contributed by atoms with E-state index in [0.717, 1.165) is 0 Å². The van der Waals surface area contributed by atoms with Crippen molar-refractivity contribution in [1.82, 2.24) is 5.32 Å². The summed E-state index contributed by atoms with van der Waals surface area (Å²) in [4.78, 5) is 0. The Hall–Kier alpha value is 0.200. The maximum Gasteiger partial charge on any atom is 0.153 e. The van der Waals surface area contributed by atoms with Crippen LogP contribution in [0.4, 0.5) is 0 Å². The van der Waals surface area contributed by atoms with Crippen molar-refractivity contribution >= 4 is 22.2 Å². The summed E-state index contributed by atoms with van der Waals surface area (Å²) in [6.45, 7) is 2.50. The molecular formula is C5H12ClNO2S. The first-order valence-electron chi connectivity index (χ1n) is 3.04. The zero-order valence-corrected chi connectivity index (χ0v) is 7.46. The summed E-state index contributed by atoms with van der Waals surface area (Å²) in [5.74, 6) is 0.602. The van der Waals surface area contributed by atoms with Gasteiger partial charge in [0, 0.05) is 12.6 Å². The van der Waals surface area contributed by atoms with Crippen LogP contribution in [0.2, 0.25) is 0 Å². The maximum atomic E-state index is 10.8. The SMILES string of the molecule is C[C@H]1CS(=O)(=O)CCN1.Cl. The van der Waals surface area contributed by atoms with Crippen molar-refractivity contribution in [3.05, 3.63) is 0 Å². The van der Waals surface area contributed by atoms with E-state index in [-0.39, 0.29) is 18.4 Å². The molecule has 0 bridgehead atoms. The molecule has 0 unspecified atom stereocenters. The molecule has 0 saturated carbocycles. The van der Waals surface area contributed by atoms with Crippen LogP contribution in [-0.4, -0.2) is 32.5 Å². The fourth-order valence-electron chi connectivity index (χ4n) is 0.984. The highest BCUT2D eigenvalue weighted by Crippen LogP contribution is 1.99. The van der Waals surface area contributed by atoms with Crippen LogP contribution in [0.1, 0.15) is 6.92 Å². The van der Waals surface area contributed by atoms with Crippen LogP contribution >= 0.6 is 12.4 Å². The predicted octanol–water partition coefficient (Wildman–Crippen LogP) is -0.185. The molecule has 0 aromatic carbocycles. The van der Waals surface area contributed by atoms with Crippen molar-refractivity contribution in [3.63, 3.8) is 0 Å². The van der Waals surface area contributed by atoms with Crippen molar-refractivity contribution < 1.29 is 8.42 Å². The Bertz CT molecular complexity index is 190. The van der Waals surface area contributed by atoms with Gasteiger partial charge in [-0.15, -0.1) is 12.4 Å². The zero-order valence-electron chi connectivity index (χ0n) is 5.83. The molecule has 1 atom stereocenters. The molecular weight excluding hydrogens is 174 g/mol. The van der Waals surface area contributed by atoms with E-state index in [9.17, 15) is 8.42 Å². The van der Waals surface area contributed by atoms with Crippen LogP contribution in [-0.2, 0) is 9.84 Å². The normalized spacial score (nSPS) is 30.7. The predicted molar refractivity (Wildman–Crippen MR) is 43.4 cm³/mol. The summed E-state index contributed by atoms with van der Waals surface area (Å²) in [6.07, 6.45) is 0. The molecule has 1 heterocycles. The molecule has 0 aromatic heterocycles. The van der Waals surface area contributed by atoms with Gasteiger partial charge in [-0.25, -0.2) is 8.42 Å². The van der Waals surface area contributed by atoms with Gasteiger partial charge in [0.2, 0.25) is 0 Å². The smallest absolute Gasteiger partial charge is 0.153 e. The van der Waals surface area contributed by atoms with Crippen LogP contribution in [0.15, 0.2) is 0 Å². The van der Waals surface area contributed by atoms with Crippen LogP contribution < -0.4 is 5.32 Å². The number of hydrogen-bond donors (Lipinski definition) is 1. The first-order valence-corrected chi connectivity index (χ1v) is 4.86. The molecule has 1 rings (SSSR count). The summed E-state index contributed by atoms with van der Waals surface area (Å²) in [7, 11) is -2.69. The van der Waals surface area contributed by atoms with Crippen molar-refractivity contribution in [3.8, 4) is 0 Å². The molecule has 0 aliphatic carbocycles.